The third-order valence-electron chi connectivity index (χ3n) is 3.06. The fourth-order valence-electron chi connectivity index (χ4n) is 1.97. The average Bonchev–Trinajstić information content (AvgIpc) is 2.94. The molecule has 112 valence electrons. The Hall–Kier alpha value is -2.37. The van der Waals surface area contributed by atoms with E-state index in [2.05, 4.69) is 15.5 Å². The standard InChI is InChI=1S/C15H19N3O3/c1-9(2)13(16-10(3)19)15-17-14(18-21-15)11-6-5-7-12(8-11)20-4/h5-9,13H,1-4H3,(H,16,19)/t13-/m1/s1. The monoisotopic (exact) mass is 289 g/mol. The second kappa shape index (κ2) is 6.39. The van der Waals surface area contributed by atoms with Crippen molar-refractivity contribution in [2.75, 3.05) is 7.11 Å². The Morgan fingerprint density at radius 1 is 1.38 bits per heavy atom. The van der Waals surface area contributed by atoms with Crippen LogP contribution in [0.25, 0.3) is 11.4 Å². The maximum atomic E-state index is 11.3. The second-order valence-corrected chi connectivity index (χ2v) is 5.11. The molecule has 2 rings (SSSR count). The van der Waals surface area contributed by atoms with Gasteiger partial charge in [-0.2, -0.15) is 4.98 Å². The van der Waals surface area contributed by atoms with Gasteiger partial charge in [0.1, 0.15) is 11.8 Å². The number of ether oxygens (including phenoxy) is 1. The lowest BCUT2D eigenvalue weighted by Crippen LogP contribution is -2.29. The van der Waals surface area contributed by atoms with Gasteiger partial charge in [0.25, 0.3) is 0 Å². The molecule has 1 atom stereocenters. The van der Waals surface area contributed by atoms with Crippen molar-refractivity contribution in [3.05, 3.63) is 30.2 Å². The summed E-state index contributed by atoms with van der Waals surface area (Å²) in [5.41, 5.74) is 0.801. The van der Waals surface area contributed by atoms with Crippen LogP contribution in [0, 0.1) is 5.92 Å². The molecule has 0 spiro atoms. The van der Waals surface area contributed by atoms with E-state index in [0.717, 1.165) is 11.3 Å². The Morgan fingerprint density at radius 2 is 2.14 bits per heavy atom. The van der Waals surface area contributed by atoms with E-state index in [1.54, 1.807) is 7.11 Å². The van der Waals surface area contributed by atoms with Gasteiger partial charge in [0, 0.05) is 12.5 Å². The van der Waals surface area contributed by atoms with Gasteiger partial charge in [0.15, 0.2) is 0 Å². The van der Waals surface area contributed by atoms with Gasteiger partial charge in [0.2, 0.25) is 17.6 Å². The van der Waals surface area contributed by atoms with Gasteiger partial charge < -0.3 is 14.6 Å². The lowest BCUT2D eigenvalue weighted by molar-refractivity contribution is -0.120. The molecule has 0 unspecified atom stereocenters. The highest BCUT2D eigenvalue weighted by molar-refractivity contribution is 5.73. The van der Waals surface area contributed by atoms with Gasteiger partial charge in [-0.25, -0.2) is 0 Å². The van der Waals surface area contributed by atoms with Gasteiger partial charge in [-0.1, -0.05) is 31.1 Å². The van der Waals surface area contributed by atoms with Crippen LogP contribution < -0.4 is 10.1 Å². The van der Waals surface area contributed by atoms with Crippen molar-refractivity contribution in [1.29, 1.82) is 0 Å². The van der Waals surface area contributed by atoms with E-state index in [1.807, 2.05) is 38.1 Å². The second-order valence-electron chi connectivity index (χ2n) is 5.11. The van der Waals surface area contributed by atoms with Crippen LogP contribution in [0.4, 0.5) is 0 Å². The molecule has 1 aromatic carbocycles. The fourth-order valence-corrected chi connectivity index (χ4v) is 1.97. The van der Waals surface area contributed by atoms with Gasteiger partial charge >= 0.3 is 0 Å². The molecule has 0 bridgehead atoms. The first kappa shape index (κ1) is 15.0. The number of aromatic nitrogens is 2. The summed E-state index contributed by atoms with van der Waals surface area (Å²) in [6.45, 7) is 5.43. The number of rotatable bonds is 5. The predicted molar refractivity (Wildman–Crippen MR) is 77.7 cm³/mol. The topological polar surface area (TPSA) is 77.3 Å². The number of methoxy groups -OCH3 is 1. The highest BCUT2D eigenvalue weighted by Gasteiger charge is 2.23. The zero-order valence-electron chi connectivity index (χ0n) is 12.6. The van der Waals surface area contributed by atoms with Gasteiger partial charge in [-0.3, -0.25) is 4.79 Å². The van der Waals surface area contributed by atoms with E-state index in [4.69, 9.17) is 9.26 Å². The van der Waals surface area contributed by atoms with Crippen LogP contribution >= 0.6 is 0 Å². The Kier molecular flexibility index (Phi) is 4.57. The van der Waals surface area contributed by atoms with Crippen LogP contribution in [0.3, 0.4) is 0 Å². The summed E-state index contributed by atoms with van der Waals surface area (Å²) in [4.78, 5) is 15.7. The average molecular weight is 289 g/mol. The molecule has 0 aliphatic heterocycles. The largest absolute Gasteiger partial charge is 0.497 e. The molecule has 1 heterocycles. The first-order valence-corrected chi connectivity index (χ1v) is 6.76. The molecule has 0 saturated carbocycles. The Bertz CT molecular complexity index is 622. The molecule has 21 heavy (non-hydrogen) atoms. The van der Waals surface area contributed by atoms with Gasteiger partial charge in [-0.05, 0) is 18.1 Å². The lowest BCUT2D eigenvalue weighted by Gasteiger charge is -2.16. The molecule has 0 radical (unpaired) electrons. The van der Waals surface area contributed by atoms with E-state index >= 15 is 0 Å². The Balaban J connectivity index is 2.29. The first-order chi connectivity index (χ1) is 10.0. The minimum atomic E-state index is -0.297. The molecule has 0 fully saturated rings. The number of nitrogens with zero attached hydrogens (tertiary/aromatic N) is 2. The van der Waals surface area contributed by atoms with Gasteiger partial charge in [-0.15, -0.1) is 0 Å². The number of carbonyl (C=O) groups excluding carboxylic acids is 1. The van der Waals surface area contributed by atoms with Crippen LogP contribution in [0.15, 0.2) is 28.8 Å². The summed E-state index contributed by atoms with van der Waals surface area (Å²) in [6, 6.07) is 7.11. The number of amides is 1. The third-order valence-corrected chi connectivity index (χ3v) is 3.06. The van der Waals surface area contributed by atoms with E-state index in [9.17, 15) is 4.79 Å². The Labute approximate surface area is 123 Å². The molecular weight excluding hydrogens is 270 g/mol. The Morgan fingerprint density at radius 3 is 2.76 bits per heavy atom. The fraction of sp³-hybridized carbons (Fsp3) is 0.400. The molecule has 1 aromatic heterocycles. The molecule has 0 saturated heterocycles. The van der Waals surface area contributed by atoms with E-state index in [-0.39, 0.29) is 17.9 Å². The third kappa shape index (κ3) is 3.59. The quantitative estimate of drug-likeness (QED) is 0.915. The summed E-state index contributed by atoms with van der Waals surface area (Å²) in [5.74, 6) is 1.61. The number of hydrogen-bond acceptors (Lipinski definition) is 5. The van der Waals surface area contributed by atoms with E-state index < -0.39 is 0 Å². The van der Waals surface area contributed by atoms with Crippen LogP contribution in [-0.4, -0.2) is 23.2 Å². The number of nitrogens with one attached hydrogen (secondary N) is 1. The first-order valence-electron chi connectivity index (χ1n) is 6.76. The van der Waals surface area contributed by atoms with E-state index in [1.165, 1.54) is 6.92 Å². The highest BCUT2D eigenvalue weighted by Crippen LogP contribution is 2.25. The minimum absolute atomic E-state index is 0.130. The highest BCUT2D eigenvalue weighted by atomic mass is 16.5. The van der Waals surface area contributed by atoms with Crippen LogP contribution in [-0.2, 0) is 4.79 Å². The molecule has 0 aliphatic rings. The van der Waals surface area contributed by atoms with Crippen LogP contribution in [0.1, 0.15) is 32.7 Å². The number of carbonyl (C=O) groups is 1. The summed E-state index contributed by atoms with van der Waals surface area (Å²) in [6.07, 6.45) is 0. The number of benzene rings is 1. The summed E-state index contributed by atoms with van der Waals surface area (Å²) < 4.78 is 10.5. The van der Waals surface area contributed by atoms with Crippen molar-refractivity contribution < 1.29 is 14.1 Å². The molecule has 6 nitrogen and oxygen atoms in total. The zero-order chi connectivity index (χ0) is 15.4. The normalized spacial score (nSPS) is 12.2. The van der Waals surface area contributed by atoms with Gasteiger partial charge in [0.05, 0.1) is 7.11 Å². The molecule has 2 aromatic rings. The van der Waals surface area contributed by atoms with Crippen molar-refractivity contribution in [3.8, 4) is 17.1 Å². The summed E-state index contributed by atoms with van der Waals surface area (Å²) >= 11 is 0. The minimum Gasteiger partial charge on any atom is -0.497 e. The SMILES string of the molecule is COc1cccc(-c2noc([C@H](NC(C)=O)C(C)C)n2)c1. The van der Waals surface area contributed by atoms with Crippen molar-refractivity contribution in [2.45, 2.75) is 26.8 Å². The van der Waals surface area contributed by atoms with Crippen molar-refractivity contribution in [3.63, 3.8) is 0 Å². The van der Waals surface area contributed by atoms with E-state index in [0.29, 0.717) is 11.7 Å². The molecule has 1 N–H and O–H groups in total. The summed E-state index contributed by atoms with van der Waals surface area (Å²) in [7, 11) is 1.60. The molecule has 0 aliphatic carbocycles. The molecular formula is C15H19N3O3. The molecule has 1 amide bonds. The summed E-state index contributed by atoms with van der Waals surface area (Å²) in [5, 5.41) is 6.80. The van der Waals surface area contributed by atoms with Crippen molar-refractivity contribution >= 4 is 5.91 Å². The maximum Gasteiger partial charge on any atom is 0.249 e. The van der Waals surface area contributed by atoms with Crippen LogP contribution in [0.2, 0.25) is 0 Å². The smallest absolute Gasteiger partial charge is 0.249 e. The number of hydrogen-bond donors (Lipinski definition) is 1. The lowest BCUT2D eigenvalue weighted by atomic mass is 10.0. The van der Waals surface area contributed by atoms with Crippen molar-refractivity contribution in [2.24, 2.45) is 5.92 Å². The van der Waals surface area contributed by atoms with Crippen molar-refractivity contribution in [1.82, 2.24) is 15.5 Å². The van der Waals surface area contributed by atoms with Crippen LogP contribution in [0.5, 0.6) is 5.75 Å². The molecule has 6 heteroatoms. The zero-order valence-corrected chi connectivity index (χ0v) is 12.6. The predicted octanol–water partition coefficient (Wildman–Crippen LogP) is 2.58. The maximum absolute atomic E-state index is 11.3.